The van der Waals surface area contributed by atoms with Gasteiger partial charge in [-0.3, -0.25) is 0 Å². The average Bonchev–Trinajstić information content (AvgIpc) is 2.57. The molecule has 4 nitrogen and oxygen atoms in total. The molecule has 2 atom stereocenters. The van der Waals surface area contributed by atoms with E-state index in [0.29, 0.717) is 6.10 Å². The topological polar surface area (TPSA) is 49.9 Å². The first-order valence-corrected chi connectivity index (χ1v) is 5.64. The third kappa shape index (κ3) is 2.21. The lowest BCUT2D eigenvalue weighted by Crippen LogP contribution is -2.21. The second-order valence-electron chi connectivity index (χ2n) is 4.12. The first kappa shape index (κ1) is 10.6. The Labute approximate surface area is 90.4 Å². The minimum atomic E-state index is 0.121. The second-order valence-corrected chi connectivity index (χ2v) is 4.12. The lowest BCUT2D eigenvalue weighted by atomic mass is 10.1. The van der Waals surface area contributed by atoms with E-state index in [9.17, 15) is 0 Å². The van der Waals surface area contributed by atoms with Gasteiger partial charge in [-0.1, -0.05) is 6.92 Å². The molecule has 4 heteroatoms. The highest BCUT2D eigenvalue weighted by Crippen LogP contribution is 2.27. The number of hydrogen-bond acceptors (Lipinski definition) is 3. The van der Waals surface area contributed by atoms with Crippen LogP contribution in [0.3, 0.4) is 0 Å². The average molecular weight is 209 g/mol. The summed E-state index contributed by atoms with van der Waals surface area (Å²) in [6.07, 6.45) is 1.36. The fourth-order valence-electron chi connectivity index (χ4n) is 2.05. The Morgan fingerprint density at radius 2 is 2.33 bits per heavy atom. The number of hydrogen-bond donors (Lipinski definition) is 2. The Morgan fingerprint density at radius 3 is 3.07 bits per heavy atom. The summed E-state index contributed by atoms with van der Waals surface area (Å²) >= 11 is 0. The van der Waals surface area contributed by atoms with Crippen molar-refractivity contribution in [1.82, 2.24) is 15.3 Å². The zero-order valence-electron chi connectivity index (χ0n) is 9.63. The number of ether oxygens (including phenoxy) is 1. The van der Waals surface area contributed by atoms with E-state index in [1.165, 1.54) is 5.69 Å². The van der Waals surface area contributed by atoms with Crippen LogP contribution < -0.4 is 5.32 Å². The molecule has 0 spiro atoms. The molecule has 1 aliphatic heterocycles. The number of fused-ring (bicyclic) bond motifs is 1. The Balaban J connectivity index is 2.15. The maximum Gasteiger partial charge on any atom is 0.120 e. The van der Waals surface area contributed by atoms with Crippen LogP contribution in [-0.2, 0) is 17.7 Å². The van der Waals surface area contributed by atoms with E-state index in [0.717, 1.165) is 31.0 Å². The van der Waals surface area contributed by atoms with Gasteiger partial charge in [-0.2, -0.15) is 0 Å². The van der Waals surface area contributed by atoms with E-state index in [4.69, 9.17) is 4.74 Å². The number of imidazole rings is 1. The molecule has 15 heavy (non-hydrogen) atoms. The van der Waals surface area contributed by atoms with Gasteiger partial charge in [0.2, 0.25) is 0 Å². The molecule has 0 aromatic carbocycles. The molecule has 0 amide bonds. The van der Waals surface area contributed by atoms with Crippen molar-refractivity contribution >= 4 is 0 Å². The van der Waals surface area contributed by atoms with Crippen molar-refractivity contribution in [2.24, 2.45) is 0 Å². The van der Waals surface area contributed by atoms with Gasteiger partial charge in [-0.05, 0) is 20.4 Å². The number of aromatic nitrogens is 2. The van der Waals surface area contributed by atoms with Gasteiger partial charge in [0.15, 0.2) is 0 Å². The number of H-pyrrole nitrogens is 1. The van der Waals surface area contributed by atoms with Crippen molar-refractivity contribution in [2.75, 3.05) is 6.54 Å². The maximum absolute atomic E-state index is 5.73. The molecule has 2 heterocycles. The van der Waals surface area contributed by atoms with E-state index in [2.05, 4.69) is 36.1 Å². The normalized spacial score (nSPS) is 25.3. The molecular formula is C11H19N3O. The summed E-state index contributed by atoms with van der Waals surface area (Å²) in [7, 11) is 0. The smallest absolute Gasteiger partial charge is 0.120 e. The number of nitrogens with one attached hydrogen (secondary N) is 2. The van der Waals surface area contributed by atoms with Crippen molar-refractivity contribution in [2.45, 2.75) is 45.9 Å². The first-order valence-electron chi connectivity index (χ1n) is 5.64. The Kier molecular flexibility index (Phi) is 3.07. The van der Waals surface area contributed by atoms with Gasteiger partial charge in [0, 0.05) is 12.1 Å². The van der Waals surface area contributed by atoms with Gasteiger partial charge in [-0.15, -0.1) is 0 Å². The van der Waals surface area contributed by atoms with E-state index < -0.39 is 0 Å². The van der Waals surface area contributed by atoms with Gasteiger partial charge < -0.3 is 15.0 Å². The van der Waals surface area contributed by atoms with Crippen molar-refractivity contribution < 1.29 is 4.74 Å². The SMILES string of the molecule is CCNCc1nc2c([nH]1)CC(C)OC2C. The molecule has 84 valence electrons. The van der Waals surface area contributed by atoms with Crippen LogP contribution in [-0.4, -0.2) is 22.6 Å². The molecule has 0 aliphatic carbocycles. The predicted octanol–water partition coefficient (Wildman–Crippen LogP) is 1.54. The third-order valence-electron chi connectivity index (χ3n) is 2.72. The molecular weight excluding hydrogens is 190 g/mol. The molecule has 0 saturated heterocycles. The van der Waals surface area contributed by atoms with Gasteiger partial charge in [0.25, 0.3) is 0 Å². The Bertz CT molecular complexity index is 335. The highest BCUT2D eigenvalue weighted by molar-refractivity contribution is 5.20. The Morgan fingerprint density at radius 1 is 1.53 bits per heavy atom. The summed E-state index contributed by atoms with van der Waals surface area (Å²) in [6.45, 7) is 8.03. The van der Waals surface area contributed by atoms with Crippen LogP contribution in [0.15, 0.2) is 0 Å². The fourth-order valence-corrected chi connectivity index (χ4v) is 2.05. The number of aromatic amines is 1. The summed E-state index contributed by atoms with van der Waals surface area (Å²) in [5.41, 5.74) is 2.33. The largest absolute Gasteiger partial charge is 0.369 e. The molecule has 2 rings (SSSR count). The molecule has 2 N–H and O–H groups in total. The molecule has 1 aromatic rings. The van der Waals surface area contributed by atoms with E-state index >= 15 is 0 Å². The lowest BCUT2D eigenvalue weighted by molar-refractivity contribution is -0.00757. The summed E-state index contributed by atoms with van der Waals surface area (Å²) in [5.74, 6) is 1.02. The van der Waals surface area contributed by atoms with Crippen LogP contribution in [0.1, 0.15) is 44.1 Å². The molecule has 1 aromatic heterocycles. The van der Waals surface area contributed by atoms with Crippen LogP contribution in [0.25, 0.3) is 0 Å². The molecule has 0 saturated carbocycles. The van der Waals surface area contributed by atoms with Gasteiger partial charge >= 0.3 is 0 Å². The summed E-state index contributed by atoms with van der Waals surface area (Å²) in [6, 6.07) is 0. The van der Waals surface area contributed by atoms with Crippen LogP contribution in [0.2, 0.25) is 0 Å². The van der Waals surface area contributed by atoms with Crippen LogP contribution in [0.4, 0.5) is 0 Å². The van der Waals surface area contributed by atoms with Crippen LogP contribution in [0.5, 0.6) is 0 Å². The zero-order valence-corrected chi connectivity index (χ0v) is 9.63. The van der Waals surface area contributed by atoms with Crippen molar-refractivity contribution in [1.29, 1.82) is 0 Å². The number of nitrogens with zero attached hydrogens (tertiary/aromatic N) is 1. The minimum Gasteiger partial charge on any atom is -0.369 e. The van der Waals surface area contributed by atoms with E-state index in [-0.39, 0.29) is 6.10 Å². The lowest BCUT2D eigenvalue weighted by Gasteiger charge is -2.23. The third-order valence-corrected chi connectivity index (χ3v) is 2.72. The Hall–Kier alpha value is -0.870. The first-order chi connectivity index (χ1) is 7.20. The summed E-state index contributed by atoms with van der Waals surface area (Å²) in [5, 5.41) is 3.27. The maximum atomic E-state index is 5.73. The molecule has 0 fully saturated rings. The van der Waals surface area contributed by atoms with Crippen molar-refractivity contribution in [3.05, 3.63) is 17.2 Å². The molecule has 1 aliphatic rings. The van der Waals surface area contributed by atoms with Gasteiger partial charge in [-0.25, -0.2) is 4.98 Å². The fraction of sp³-hybridized carbons (Fsp3) is 0.727. The predicted molar refractivity (Wildman–Crippen MR) is 58.6 cm³/mol. The summed E-state index contributed by atoms with van der Waals surface area (Å²) in [4.78, 5) is 7.94. The minimum absolute atomic E-state index is 0.121. The molecule has 0 bridgehead atoms. The van der Waals surface area contributed by atoms with Crippen molar-refractivity contribution in [3.63, 3.8) is 0 Å². The highest BCUT2D eigenvalue weighted by atomic mass is 16.5. The van der Waals surface area contributed by atoms with Gasteiger partial charge in [0.05, 0.1) is 24.4 Å². The second kappa shape index (κ2) is 4.33. The van der Waals surface area contributed by atoms with Gasteiger partial charge in [0.1, 0.15) is 5.82 Å². The van der Waals surface area contributed by atoms with Crippen LogP contribution >= 0.6 is 0 Å². The highest BCUT2D eigenvalue weighted by Gasteiger charge is 2.25. The number of rotatable bonds is 3. The van der Waals surface area contributed by atoms with E-state index in [1.807, 2.05) is 0 Å². The molecule has 2 unspecified atom stereocenters. The monoisotopic (exact) mass is 209 g/mol. The summed E-state index contributed by atoms with van der Waals surface area (Å²) < 4.78 is 5.73. The van der Waals surface area contributed by atoms with Crippen molar-refractivity contribution in [3.8, 4) is 0 Å². The standard InChI is InChI=1S/C11H19N3O/c1-4-12-6-10-13-9-5-7(2)15-8(3)11(9)14-10/h7-8,12H,4-6H2,1-3H3,(H,13,14). The molecule has 0 radical (unpaired) electrons. The zero-order chi connectivity index (χ0) is 10.8. The quantitative estimate of drug-likeness (QED) is 0.794. The van der Waals surface area contributed by atoms with Crippen LogP contribution in [0, 0.1) is 0 Å². The van der Waals surface area contributed by atoms with E-state index in [1.54, 1.807) is 0 Å².